The van der Waals surface area contributed by atoms with E-state index in [1.165, 1.54) is 31.8 Å². The first-order chi connectivity index (χ1) is 5.81. The molecule has 0 saturated carbocycles. The maximum atomic E-state index is 10.7. The predicted molar refractivity (Wildman–Crippen MR) is 53.1 cm³/mol. The normalized spacial score (nSPS) is 10.4. The van der Waals surface area contributed by atoms with Crippen LogP contribution < -0.4 is 0 Å². The first kappa shape index (κ1) is 11.2. The van der Waals surface area contributed by atoms with Gasteiger partial charge in [0.05, 0.1) is 0 Å². The van der Waals surface area contributed by atoms with Crippen LogP contribution in [0, 0.1) is 0 Å². The summed E-state index contributed by atoms with van der Waals surface area (Å²) in [6.45, 7) is 5.58. The van der Waals surface area contributed by atoms with E-state index in [9.17, 15) is 4.79 Å². The van der Waals surface area contributed by atoms with E-state index in [1.54, 1.807) is 6.08 Å². The lowest BCUT2D eigenvalue weighted by Crippen LogP contribution is -1.82. The zero-order chi connectivity index (χ0) is 9.23. The molecule has 0 bridgehead atoms. The molecular weight excluding hydrogens is 148 g/mol. The van der Waals surface area contributed by atoms with E-state index in [-0.39, 0.29) is 5.78 Å². The second-order valence-electron chi connectivity index (χ2n) is 2.86. The quantitative estimate of drug-likeness (QED) is 0.419. The topological polar surface area (TPSA) is 17.1 Å². The van der Waals surface area contributed by atoms with Crippen LogP contribution in [0.2, 0.25) is 0 Å². The van der Waals surface area contributed by atoms with Crippen LogP contribution in [-0.2, 0) is 4.79 Å². The van der Waals surface area contributed by atoms with Crippen LogP contribution in [0.1, 0.15) is 39.0 Å². The minimum Gasteiger partial charge on any atom is -0.290 e. The maximum absolute atomic E-state index is 10.7. The molecule has 0 N–H and O–H groups in total. The summed E-state index contributed by atoms with van der Waals surface area (Å²) in [4.78, 5) is 10.7. The van der Waals surface area contributed by atoms with Crippen LogP contribution in [0.15, 0.2) is 24.8 Å². The first-order valence-electron chi connectivity index (χ1n) is 4.64. The number of rotatable bonds is 7. The molecule has 0 amide bonds. The summed E-state index contributed by atoms with van der Waals surface area (Å²) in [7, 11) is 0. The Morgan fingerprint density at radius 1 is 1.33 bits per heavy atom. The van der Waals surface area contributed by atoms with Gasteiger partial charge in [-0.1, -0.05) is 38.8 Å². The summed E-state index contributed by atoms with van der Waals surface area (Å²) in [5.41, 5.74) is 0. The standard InChI is InChI=1S/C11H18O/c1-3-5-6-7-8-9-10-11(12)4-2/h4,9-10H,2-3,5-8H2,1H3. The summed E-state index contributed by atoms with van der Waals surface area (Å²) in [6, 6.07) is 0. The van der Waals surface area contributed by atoms with Crippen LogP contribution in [0.25, 0.3) is 0 Å². The van der Waals surface area contributed by atoms with Gasteiger partial charge < -0.3 is 0 Å². The molecule has 0 rings (SSSR count). The van der Waals surface area contributed by atoms with Crippen molar-refractivity contribution in [3.05, 3.63) is 24.8 Å². The highest BCUT2D eigenvalue weighted by Gasteiger charge is 1.86. The number of unbranched alkanes of at least 4 members (excludes halogenated alkanes) is 4. The number of carbonyl (C=O) groups is 1. The Bertz CT molecular complexity index is 156. The molecule has 0 aliphatic rings. The third-order valence-electron chi connectivity index (χ3n) is 1.71. The molecule has 0 aliphatic heterocycles. The lowest BCUT2D eigenvalue weighted by atomic mass is 10.1. The van der Waals surface area contributed by atoms with Crippen LogP contribution in [-0.4, -0.2) is 5.78 Å². The zero-order valence-electron chi connectivity index (χ0n) is 7.88. The van der Waals surface area contributed by atoms with Gasteiger partial charge in [0.25, 0.3) is 0 Å². The third-order valence-corrected chi connectivity index (χ3v) is 1.71. The highest BCUT2D eigenvalue weighted by molar-refractivity contribution is 5.98. The summed E-state index contributed by atoms with van der Waals surface area (Å²) in [5, 5.41) is 0. The van der Waals surface area contributed by atoms with Crippen molar-refractivity contribution in [2.24, 2.45) is 0 Å². The van der Waals surface area contributed by atoms with Gasteiger partial charge in [0.15, 0.2) is 5.78 Å². The molecule has 1 heteroatoms. The number of hydrogen-bond donors (Lipinski definition) is 0. The summed E-state index contributed by atoms with van der Waals surface area (Å²) < 4.78 is 0. The molecule has 0 aromatic carbocycles. The second kappa shape index (κ2) is 8.25. The SMILES string of the molecule is C=CC(=O)C=CCCCCCC. The van der Waals surface area contributed by atoms with Gasteiger partial charge in [-0.25, -0.2) is 0 Å². The molecule has 0 atom stereocenters. The van der Waals surface area contributed by atoms with E-state index in [1.807, 2.05) is 6.08 Å². The summed E-state index contributed by atoms with van der Waals surface area (Å²) >= 11 is 0. The molecule has 0 spiro atoms. The van der Waals surface area contributed by atoms with Crippen LogP contribution >= 0.6 is 0 Å². The van der Waals surface area contributed by atoms with E-state index < -0.39 is 0 Å². The van der Waals surface area contributed by atoms with Crippen LogP contribution in [0.4, 0.5) is 0 Å². The molecule has 68 valence electrons. The van der Waals surface area contributed by atoms with Gasteiger partial charge >= 0.3 is 0 Å². The van der Waals surface area contributed by atoms with Crippen molar-refractivity contribution >= 4 is 5.78 Å². The van der Waals surface area contributed by atoms with Gasteiger partial charge in [-0.3, -0.25) is 4.79 Å². The van der Waals surface area contributed by atoms with Crippen LogP contribution in [0.3, 0.4) is 0 Å². The maximum Gasteiger partial charge on any atom is 0.177 e. The van der Waals surface area contributed by atoms with Crippen molar-refractivity contribution < 1.29 is 4.79 Å². The third kappa shape index (κ3) is 7.26. The number of carbonyl (C=O) groups excluding carboxylic acids is 1. The Labute approximate surface area is 75.2 Å². The first-order valence-corrected chi connectivity index (χ1v) is 4.64. The monoisotopic (exact) mass is 166 g/mol. The molecule has 0 fully saturated rings. The van der Waals surface area contributed by atoms with E-state index >= 15 is 0 Å². The fourth-order valence-corrected chi connectivity index (χ4v) is 0.956. The summed E-state index contributed by atoms with van der Waals surface area (Å²) in [6.07, 6.45) is 10.9. The van der Waals surface area contributed by atoms with Crippen molar-refractivity contribution in [2.45, 2.75) is 39.0 Å². The number of allylic oxidation sites excluding steroid dienone is 3. The molecular formula is C11H18O. The molecule has 1 nitrogen and oxygen atoms in total. The molecule has 0 unspecified atom stereocenters. The lowest BCUT2D eigenvalue weighted by molar-refractivity contribution is -0.110. The molecule has 0 saturated heterocycles. The number of ketones is 1. The molecule has 0 aliphatic carbocycles. The molecule has 12 heavy (non-hydrogen) atoms. The van der Waals surface area contributed by atoms with E-state index in [2.05, 4.69) is 13.5 Å². The van der Waals surface area contributed by atoms with Gasteiger partial charge in [0.1, 0.15) is 0 Å². The second-order valence-corrected chi connectivity index (χ2v) is 2.86. The van der Waals surface area contributed by atoms with Gasteiger partial charge in [-0.2, -0.15) is 0 Å². The van der Waals surface area contributed by atoms with Gasteiger partial charge in [-0.15, -0.1) is 0 Å². The molecule has 0 radical (unpaired) electrons. The average molecular weight is 166 g/mol. The Balaban J connectivity index is 3.24. The molecule has 0 aromatic heterocycles. The Morgan fingerprint density at radius 3 is 2.67 bits per heavy atom. The zero-order valence-corrected chi connectivity index (χ0v) is 7.88. The summed E-state index contributed by atoms with van der Waals surface area (Å²) in [5.74, 6) is 0.00508. The largest absolute Gasteiger partial charge is 0.290 e. The predicted octanol–water partition coefficient (Wildman–Crippen LogP) is 3.27. The minimum absolute atomic E-state index is 0.00508. The van der Waals surface area contributed by atoms with E-state index in [0.717, 1.165) is 6.42 Å². The van der Waals surface area contributed by atoms with Crippen molar-refractivity contribution in [2.75, 3.05) is 0 Å². The Hall–Kier alpha value is -0.850. The van der Waals surface area contributed by atoms with Crippen molar-refractivity contribution in [3.63, 3.8) is 0 Å². The molecule has 0 aromatic rings. The Kier molecular flexibility index (Phi) is 7.66. The molecule has 0 heterocycles. The van der Waals surface area contributed by atoms with Crippen molar-refractivity contribution in [1.82, 2.24) is 0 Å². The highest BCUT2D eigenvalue weighted by Crippen LogP contribution is 2.02. The minimum atomic E-state index is 0.00508. The van der Waals surface area contributed by atoms with Crippen molar-refractivity contribution in [1.29, 1.82) is 0 Å². The van der Waals surface area contributed by atoms with E-state index in [4.69, 9.17) is 0 Å². The lowest BCUT2D eigenvalue weighted by Gasteiger charge is -1.93. The fraction of sp³-hybridized carbons (Fsp3) is 0.545. The average Bonchev–Trinajstić information content (AvgIpc) is 2.10. The van der Waals surface area contributed by atoms with Gasteiger partial charge in [0.2, 0.25) is 0 Å². The highest BCUT2D eigenvalue weighted by atomic mass is 16.1. The van der Waals surface area contributed by atoms with Gasteiger partial charge in [-0.05, 0) is 25.0 Å². The van der Waals surface area contributed by atoms with Crippen LogP contribution in [0.5, 0.6) is 0 Å². The number of hydrogen-bond acceptors (Lipinski definition) is 1. The Morgan fingerprint density at radius 2 is 2.08 bits per heavy atom. The smallest absolute Gasteiger partial charge is 0.177 e. The van der Waals surface area contributed by atoms with Gasteiger partial charge in [0, 0.05) is 0 Å². The van der Waals surface area contributed by atoms with E-state index in [0.29, 0.717) is 0 Å². The fourth-order valence-electron chi connectivity index (χ4n) is 0.956. The van der Waals surface area contributed by atoms with Crippen molar-refractivity contribution in [3.8, 4) is 0 Å².